The van der Waals surface area contributed by atoms with Crippen molar-refractivity contribution >= 4 is 35.7 Å². The third-order valence-corrected chi connectivity index (χ3v) is 5.90. The normalized spacial score (nSPS) is 10.9. The first-order chi connectivity index (χ1) is 20.6. The lowest BCUT2D eigenvalue weighted by atomic mass is 10.1. The van der Waals surface area contributed by atoms with Gasteiger partial charge in [-0.1, -0.05) is 36.4 Å². The van der Waals surface area contributed by atoms with Crippen LogP contribution in [0.25, 0.3) is 0 Å². The highest BCUT2D eigenvalue weighted by Gasteiger charge is 2.13. The smallest absolute Gasteiger partial charge is 0.343 e. The van der Waals surface area contributed by atoms with Gasteiger partial charge >= 0.3 is 11.9 Å². The van der Waals surface area contributed by atoms with E-state index in [0.29, 0.717) is 22.6 Å². The van der Waals surface area contributed by atoms with Crippen LogP contribution in [0.15, 0.2) is 144 Å². The van der Waals surface area contributed by atoms with Crippen LogP contribution in [0.2, 0.25) is 0 Å². The molecule has 0 fully saturated rings. The summed E-state index contributed by atoms with van der Waals surface area (Å²) in [5.41, 5.74) is 9.93. The predicted octanol–water partition coefficient (Wildman–Crippen LogP) is 7.02. The van der Waals surface area contributed by atoms with Crippen LogP contribution < -0.4 is 20.3 Å². The zero-order valence-electron chi connectivity index (χ0n) is 22.4. The Hall–Kier alpha value is -6.02. The van der Waals surface area contributed by atoms with E-state index in [0.717, 1.165) is 22.5 Å². The second kappa shape index (κ2) is 13.9. The average Bonchev–Trinajstić information content (AvgIpc) is 3.04. The highest BCUT2D eigenvalue weighted by atomic mass is 16.5. The molecule has 0 aliphatic carbocycles. The molecule has 5 aromatic carbocycles. The van der Waals surface area contributed by atoms with E-state index in [1.807, 2.05) is 60.7 Å². The minimum absolute atomic E-state index is 0.303. The fourth-order valence-corrected chi connectivity index (χ4v) is 3.71. The van der Waals surface area contributed by atoms with Gasteiger partial charge < -0.3 is 9.47 Å². The van der Waals surface area contributed by atoms with Crippen molar-refractivity contribution in [3.05, 3.63) is 156 Å². The number of esters is 2. The average molecular weight is 555 g/mol. The van der Waals surface area contributed by atoms with Crippen molar-refractivity contribution < 1.29 is 19.1 Å². The molecule has 0 saturated carbocycles. The van der Waals surface area contributed by atoms with E-state index >= 15 is 0 Å². The van der Waals surface area contributed by atoms with Crippen molar-refractivity contribution in [2.24, 2.45) is 10.2 Å². The first-order valence-electron chi connectivity index (χ1n) is 13.1. The molecule has 0 atom stereocenters. The number of nitrogens with zero attached hydrogens (tertiary/aromatic N) is 2. The van der Waals surface area contributed by atoms with Gasteiger partial charge in [-0.15, -0.1) is 0 Å². The zero-order valence-corrected chi connectivity index (χ0v) is 22.4. The van der Waals surface area contributed by atoms with Gasteiger partial charge in [0.05, 0.1) is 34.9 Å². The summed E-state index contributed by atoms with van der Waals surface area (Å²) in [6.45, 7) is 0. The number of ether oxygens (including phenoxy) is 2. The number of hydrazone groups is 2. The monoisotopic (exact) mass is 554 g/mol. The Balaban J connectivity index is 1.10. The molecule has 0 unspecified atom stereocenters. The number of nitrogens with one attached hydrogen (secondary N) is 2. The van der Waals surface area contributed by atoms with E-state index in [4.69, 9.17) is 9.47 Å². The molecular formula is C34H26N4O4. The number of carbonyl (C=O) groups is 2. The zero-order chi connectivity index (χ0) is 29.0. The largest absolute Gasteiger partial charge is 0.423 e. The minimum Gasteiger partial charge on any atom is -0.423 e. The first kappa shape index (κ1) is 27.5. The molecule has 5 rings (SSSR count). The van der Waals surface area contributed by atoms with Gasteiger partial charge in [-0.05, 0) is 108 Å². The number of rotatable bonds is 10. The quantitative estimate of drug-likeness (QED) is 0.0833. The van der Waals surface area contributed by atoms with E-state index in [1.54, 1.807) is 61.0 Å². The van der Waals surface area contributed by atoms with Gasteiger partial charge in [-0.2, -0.15) is 10.2 Å². The Morgan fingerprint density at radius 3 is 1.19 bits per heavy atom. The summed E-state index contributed by atoms with van der Waals surface area (Å²) in [4.78, 5) is 25.2. The molecule has 0 bridgehead atoms. The van der Waals surface area contributed by atoms with Crippen LogP contribution in [0.4, 0.5) is 11.4 Å². The standard InChI is InChI=1S/C34H26N4O4/c39-33(41-31-19-11-25(12-20-31)23-35-37-29-7-3-1-4-8-29)27-15-17-28(18-16-27)34(40)42-32-21-13-26(14-22-32)24-36-38-30-9-5-2-6-10-30/h1-24,37-38H/b35-23+,36-24+. The second-order valence-electron chi connectivity index (χ2n) is 8.97. The topological polar surface area (TPSA) is 101 Å². The summed E-state index contributed by atoms with van der Waals surface area (Å²) >= 11 is 0. The van der Waals surface area contributed by atoms with Crippen LogP contribution >= 0.6 is 0 Å². The first-order valence-corrected chi connectivity index (χ1v) is 13.1. The lowest BCUT2D eigenvalue weighted by molar-refractivity contribution is 0.0720. The molecule has 0 radical (unpaired) electrons. The number of carbonyl (C=O) groups excluding carboxylic acids is 2. The fraction of sp³-hybridized carbons (Fsp3) is 0. The van der Waals surface area contributed by atoms with Crippen molar-refractivity contribution in [2.45, 2.75) is 0 Å². The van der Waals surface area contributed by atoms with Gasteiger partial charge in [0.25, 0.3) is 0 Å². The molecule has 0 amide bonds. The van der Waals surface area contributed by atoms with Crippen LogP contribution in [-0.4, -0.2) is 24.4 Å². The second-order valence-corrected chi connectivity index (χ2v) is 8.97. The number of benzene rings is 5. The molecule has 0 aromatic heterocycles. The number of para-hydroxylation sites is 2. The molecule has 0 saturated heterocycles. The summed E-state index contributed by atoms with van der Waals surface area (Å²) in [7, 11) is 0. The van der Waals surface area contributed by atoms with Crippen molar-refractivity contribution in [1.82, 2.24) is 0 Å². The van der Waals surface area contributed by atoms with Crippen LogP contribution in [-0.2, 0) is 0 Å². The number of anilines is 2. The highest BCUT2D eigenvalue weighted by Crippen LogP contribution is 2.17. The van der Waals surface area contributed by atoms with Gasteiger partial charge in [-0.25, -0.2) is 9.59 Å². The van der Waals surface area contributed by atoms with E-state index < -0.39 is 11.9 Å². The highest BCUT2D eigenvalue weighted by molar-refractivity contribution is 5.95. The molecule has 8 heteroatoms. The number of hydrogen-bond donors (Lipinski definition) is 2. The maximum Gasteiger partial charge on any atom is 0.343 e. The molecule has 0 aliphatic heterocycles. The van der Waals surface area contributed by atoms with Crippen LogP contribution in [0, 0.1) is 0 Å². The molecule has 0 spiro atoms. The summed E-state index contributed by atoms with van der Waals surface area (Å²) < 4.78 is 10.9. The Kier molecular flexibility index (Phi) is 9.09. The lowest BCUT2D eigenvalue weighted by Gasteiger charge is -2.07. The summed E-state index contributed by atoms with van der Waals surface area (Å²) in [6.07, 6.45) is 3.34. The SMILES string of the molecule is O=C(Oc1ccc(/C=N/Nc2ccccc2)cc1)c1ccc(C(=O)Oc2ccc(/C=N/Nc3ccccc3)cc2)cc1. The maximum atomic E-state index is 12.6. The molecule has 8 nitrogen and oxygen atoms in total. The van der Waals surface area contributed by atoms with Crippen LogP contribution in [0.3, 0.4) is 0 Å². The molecule has 0 heterocycles. The fourth-order valence-electron chi connectivity index (χ4n) is 3.71. The van der Waals surface area contributed by atoms with Crippen molar-refractivity contribution in [3.8, 4) is 11.5 Å². The molecule has 0 aliphatic rings. The lowest BCUT2D eigenvalue weighted by Crippen LogP contribution is -2.11. The Labute approximate surface area is 243 Å². The Morgan fingerprint density at radius 1 is 0.476 bits per heavy atom. The van der Waals surface area contributed by atoms with E-state index in [-0.39, 0.29) is 0 Å². The molecule has 5 aromatic rings. The number of hydrogen-bond acceptors (Lipinski definition) is 8. The Bertz CT molecular complexity index is 1540. The summed E-state index contributed by atoms with van der Waals surface area (Å²) in [6, 6.07) is 39.2. The van der Waals surface area contributed by atoms with Crippen molar-refractivity contribution in [1.29, 1.82) is 0 Å². The van der Waals surface area contributed by atoms with Crippen molar-refractivity contribution in [2.75, 3.05) is 10.9 Å². The summed E-state index contributed by atoms with van der Waals surface area (Å²) in [5.74, 6) is -0.302. The summed E-state index contributed by atoms with van der Waals surface area (Å²) in [5, 5.41) is 8.39. The van der Waals surface area contributed by atoms with Crippen LogP contribution in [0.5, 0.6) is 11.5 Å². The maximum absolute atomic E-state index is 12.6. The third-order valence-electron chi connectivity index (χ3n) is 5.90. The van der Waals surface area contributed by atoms with E-state index in [2.05, 4.69) is 21.1 Å². The molecule has 2 N–H and O–H groups in total. The van der Waals surface area contributed by atoms with Gasteiger partial charge in [0.15, 0.2) is 0 Å². The van der Waals surface area contributed by atoms with Crippen molar-refractivity contribution in [3.63, 3.8) is 0 Å². The molecular weight excluding hydrogens is 528 g/mol. The van der Waals surface area contributed by atoms with E-state index in [1.165, 1.54) is 24.3 Å². The predicted molar refractivity (Wildman–Crippen MR) is 165 cm³/mol. The van der Waals surface area contributed by atoms with Crippen LogP contribution in [0.1, 0.15) is 31.8 Å². The third kappa shape index (κ3) is 8.00. The van der Waals surface area contributed by atoms with Gasteiger partial charge in [0.1, 0.15) is 11.5 Å². The van der Waals surface area contributed by atoms with Gasteiger partial charge in [0, 0.05) is 0 Å². The molecule has 42 heavy (non-hydrogen) atoms. The van der Waals surface area contributed by atoms with E-state index in [9.17, 15) is 9.59 Å². The molecule has 206 valence electrons. The minimum atomic E-state index is -0.541. The Morgan fingerprint density at radius 2 is 0.833 bits per heavy atom. The van der Waals surface area contributed by atoms with Gasteiger partial charge in [0.2, 0.25) is 0 Å². The van der Waals surface area contributed by atoms with Gasteiger partial charge in [-0.3, -0.25) is 10.9 Å².